The highest BCUT2D eigenvalue weighted by molar-refractivity contribution is 7.89. The van der Waals surface area contributed by atoms with Gasteiger partial charge in [0.05, 0.1) is 11.0 Å². The van der Waals surface area contributed by atoms with Crippen molar-refractivity contribution in [2.45, 2.75) is 37.7 Å². The third-order valence-corrected chi connectivity index (χ3v) is 4.27. The van der Waals surface area contributed by atoms with Crippen molar-refractivity contribution in [3.63, 3.8) is 0 Å². The molecule has 0 spiro atoms. The molecule has 0 radical (unpaired) electrons. The lowest BCUT2D eigenvalue weighted by Gasteiger charge is -2.09. The zero-order chi connectivity index (χ0) is 16.4. The fraction of sp³-hybridized carbons (Fsp3) is 0.533. The van der Waals surface area contributed by atoms with E-state index >= 15 is 0 Å². The van der Waals surface area contributed by atoms with E-state index in [9.17, 15) is 13.2 Å². The fourth-order valence-corrected chi connectivity index (χ4v) is 2.74. The lowest BCUT2D eigenvalue weighted by Crippen LogP contribution is -2.31. The Morgan fingerprint density at radius 1 is 1.18 bits per heavy atom. The number of amides is 1. The van der Waals surface area contributed by atoms with Gasteiger partial charge in [0.2, 0.25) is 15.9 Å². The fourth-order valence-electron chi connectivity index (χ4n) is 1.69. The summed E-state index contributed by atoms with van der Waals surface area (Å²) in [7, 11) is -3.54. The molecule has 0 saturated carbocycles. The number of carbonyl (C=O) groups is 1. The number of nitrogens with one attached hydrogen (secondary N) is 2. The maximum atomic E-state index is 11.9. The molecule has 0 unspecified atom stereocenters. The normalized spacial score (nSPS) is 11.6. The molecule has 0 aliphatic carbocycles. The first-order valence-corrected chi connectivity index (χ1v) is 8.83. The Bertz CT molecular complexity index is 544. The van der Waals surface area contributed by atoms with Gasteiger partial charge in [-0.05, 0) is 32.4 Å². The Balaban J connectivity index is 2.20. The molecule has 0 aliphatic heterocycles. The second kappa shape index (κ2) is 9.55. The van der Waals surface area contributed by atoms with Gasteiger partial charge < -0.3 is 10.1 Å². The van der Waals surface area contributed by atoms with Gasteiger partial charge in [0.1, 0.15) is 0 Å². The Labute approximate surface area is 132 Å². The number of hydrogen-bond acceptors (Lipinski definition) is 4. The highest BCUT2D eigenvalue weighted by atomic mass is 32.2. The van der Waals surface area contributed by atoms with Gasteiger partial charge in [-0.25, -0.2) is 13.1 Å². The SMILES string of the molecule is CC(C)OCCCNC(=O)CCNS(=O)(=O)c1ccccc1. The summed E-state index contributed by atoms with van der Waals surface area (Å²) < 4.78 is 31.6. The van der Waals surface area contributed by atoms with E-state index in [2.05, 4.69) is 10.0 Å². The van der Waals surface area contributed by atoms with Crippen molar-refractivity contribution < 1.29 is 17.9 Å². The highest BCUT2D eigenvalue weighted by Gasteiger charge is 2.13. The minimum atomic E-state index is -3.54. The molecular weight excluding hydrogens is 304 g/mol. The monoisotopic (exact) mass is 328 g/mol. The molecular formula is C15H24N2O4S. The van der Waals surface area contributed by atoms with Gasteiger partial charge in [0.15, 0.2) is 0 Å². The summed E-state index contributed by atoms with van der Waals surface area (Å²) in [4.78, 5) is 11.8. The number of carbonyl (C=O) groups excluding carboxylic acids is 1. The predicted octanol–water partition coefficient (Wildman–Crippen LogP) is 1.29. The molecule has 1 aromatic rings. The maximum absolute atomic E-state index is 11.9. The number of hydrogen-bond donors (Lipinski definition) is 2. The Morgan fingerprint density at radius 2 is 1.86 bits per heavy atom. The first-order valence-electron chi connectivity index (χ1n) is 7.35. The summed E-state index contributed by atoms with van der Waals surface area (Å²) >= 11 is 0. The van der Waals surface area contributed by atoms with Crippen LogP contribution in [0.5, 0.6) is 0 Å². The molecule has 1 amide bonds. The highest BCUT2D eigenvalue weighted by Crippen LogP contribution is 2.06. The molecule has 0 bridgehead atoms. The van der Waals surface area contributed by atoms with Crippen LogP contribution < -0.4 is 10.0 Å². The Morgan fingerprint density at radius 3 is 2.50 bits per heavy atom. The lowest BCUT2D eigenvalue weighted by atomic mass is 10.3. The van der Waals surface area contributed by atoms with Crippen LogP contribution in [0.15, 0.2) is 35.2 Å². The molecule has 0 fully saturated rings. The molecule has 124 valence electrons. The average molecular weight is 328 g/mol. The van der Waals surface area contributed by atoms with Crippen LogP contribution in [-0.4, -0.2) is 40.1 Å². The van der Waals surface area contributed by atoms with Crippen molar-refractivity contribution in [3.05, 3.63) is 30.3 Å². The van der Waals surface area contributed by atoms with Crippen molar-refractivity contribution >= 4 is 15.9 Å². The van der Waals surface area contributed by atoms with Crippen LogP contribution in [-0.2, 0) is 19.6 Å². The van der Waals surface area contributed by atoms with Crippen molar-refractivity contribution in [1.82, 2.24) is 10.0 Å². The van der Waals surface area contributed by atoms with E-state index in [1.54, 1.807) is 18.2 Å². The van der Waals surface area contributed by atoms with Crippen LogP contribution in [0.2, 0.25) is 0 Å². The quantitative estimate of drug-likeness (QED) is 0.634. The van der Waals surface area contributed by atoms with Crippen LogP contribution in [0.3, 0.4) is 0 Å². The van der Waals surface area contributed by atoms with Gasteiger partial charge in [-0.3, -0.25) is 4.79 Å². The van der Waals surface area contributed by atoms with Gasteiger partial charge in [0.25, 0.3) is 0 Å². The van der Waals surface area contributed by atoms with Crippen LogP contribution in [0.1, 0.15) is 26.7 Å². The molecule has 0 aromatic heterocycles. The number of rotatable bonds is 10. The first-order chi connectivity index (χ1) is 10.4. The van der Waals surface area contributed by atoms with Crippen LogP contribution in [0, 0.1) is 0 Å². The van der Waals surface area contributed by atoms with E-state index in [1.165, 1.54) is 12.1 Å². The Kier molecular flexibility index (Phi) is 8.08. The van der Waals surface area contributed by atoms with E-state index in [0.717, 1.165) is 6.42 Å². The Hall–Kier alpha value is -1.44. The molecule has 0 atom stereocenters. The van der Waals surface area contributed by atoms with Gasteiger partial charge in [-0.15, -0.1) is 0 Å². The molecule has 7 heteroatoms. The van der Waals surface area contributed by atoms with E-state index in [-0.39, 0.29) is 29.9 Å². The van der Waals surface area contributed by atoms with E-state index in [1.807, 2.05) is 13.8 Å². The van der Waals surface area contributed by atoms with Crippen molar-refractivity contribution in [2.24, 2.45) is 0 Å². The number of benzene rings is 1. The van der Waals surface area contributed by atoms with Crippen LogP contribution >= 0.6 is 0 Å². The average Bonchev–Trinajstić information content (AvgIpc) is 2.47. The summed E-state index contributed by atoms with van der Waals surface area (Å²) in [6.45, 7) is 5.11. The maximum Gasteiger partial charge on any atom is 0.240 e. The number of ether oxygens (including phenoxy) is 1. The summed E-state index contributed by atoms with van der Waals surface area (Å²) in [6.07, 6.45) is 1.03. The minimum Gasteiger partial charge on any atom is -0.379 e. The standard InChI is InChI=1S/C15H24N2O4S/c1-13(2)21-12-6-10-16-15(18)9-11-17-22(19,20)14-7-4-3-5-8-14/h3-5,7-8,13,17H,6,9-12H2,1-2H3,(H,16,18). The molecule has 22 heavy (non-hydrogen) atoms. The molecule has 6 nitrogen and oxygen atoms in total. The van der Waals surface area contributed by atoms with Crippen LogP contribution in [0.4, 0.5) is 0 Å². The topological polar surface area (TPSA) is 84.5 Å². The second-order valence-corrected chi connectivity index (χ2v) is 6.85. The third kappa shape index (κ3) is 7.53. The van der Waals surface area contributed by atoms with Gasteiger partial charge in [0, 0.05) is 26.1 Å². The molecule has 1 rings (SSSR count). The van der Waals surface area contributed by atoms with Gasteiger partial charge in [-0.2, -0.15) is 0 Å². The zero-order valence-electron chi connectivity index (χ0n) is 13.0. The van der Waals surface area contributed by atoms with Crippen LogP contribution in [0.25, 0.3) is 0 Å². The molecule has 0 saturated heterocycles. The van der Waals surface area contributed by atoms with Gasteiger partial charge >= 0.3 is 0 Å². The molecule has 0 aliphatic rings. The summed E-state index contributed by atoms with van der Waals surface area (Å²) in [5.41, 5.74) is 0. The van der Waals surface area contributed by atoms with E-state index in [0.29, 0.717) is 13.2 Å². The molecule has 1 aromatic carbocycles. The number of sulfonamides is 1. The van der Waals surface area contributed by atoms with Gasteiger partial charge in [-0.1, -0.05) is 18.2 Å². The van der Waals surface area contributed by atoms with E-state index < -0.39 is 10.0 Å². The van der Waals surface area contributed by atoms with E-state index in [4.69, 9.17) is 4.74 Å². The van der Waals surface area contributed by atoms with Crippen molar-refractivity contribution in [1.29, 1.82) is 0 Å². The van der Waals surface area contributed by atoms with Crippen molar-refractivity contribution in [3.8, 4) is 0 Å². The molecule has 0 heterocycles. The molecule has 2 N–H and O–H groups in total. The summed E-state index contributed by atoms with van der Waals surface area (Å²) in [5, 5.41) is 2.73. The minimum absolute atomic E-state index is 0.0750. The summed E-state index contributed by atoms with van der Waals surface area (Å²) in [6, 6.07) is 8.07. The largest absolute Gasteiger partial charge is 0.379 e. The first kappa shape index (κ1) is 18.6. The van der Waals surface area contributed by atoms with Crippen molar-refractivity contribution in [2.75, 3.05) is 19.7 Å². The lowest BCUT2D eigenvalue weighted by molar-refractivity contribution is -0.120. The summed E-state index contributed by atoms with van der Waals surface area (Å²) in [5.74, 6) is -0.180. The third-order valence-electron chi connectivity index (χ3n) is 2.79. The second-order valence-electron chi connectivity index (χ2n) is 5.08. The zero-order valence-corrected chi connectivity index (χ0v) is 13.9. The predicted molar refractivity (Wildman–Crippen MR) is 85.0 cm³/mol. The smallest absolute Gasteiger partial charge is 0.240 e.